The summed E-state index contributed by atoms with van der Waals surface area (Å²) in [6.45, 7) is 5.28. The van der Waals surface area contributed by atoms with Crippen LogP contribution in [0.1, 0.15) is 33.6 Å². The first kappa shape index (κ1) is 15.0. The first-order chi connectivity index (χ1) is 9.16. The van der Waals surface area contributed by atoms with Crippen molar-refractivity contribution in [1.29, 1.82) is 0 Å². The smallest absolute Gasteiger partial charge is 0.247 e. The van der Waals surface area contributed by atoms with E-state index < -0.39 is 26.2 Å². The van der Waals surface area contributed by atoms with E-state index in [1.165, 1.54) is 0 Å². The van der Waals surface area contributed by atoms with Crippen LogP contribution in [0.4, 0.5) is 5.69 Å². The molecule has 110 valence electrons. The Morgan fingerprint density at radius 2 is 1.70 bits per heavy atom. The molecule has 0 atom stereocenters. The molecule has 0 aromatic heterocycles. The molecule has 2 N–H and O–H groups in total. The lowest BCUT2D eigenvalue weighted by molar-refractivity contribution is -0.116. The minimum Gasteiger partial charge on any atom is -0.325 e. The quantitative estimate of drug-likeness (QED) is 0.890. The lowest BCUT2D eigenvalue weighted by Crippen LogP contribution is -2.50. The van der Waals surface area contributed by atoms with E-state index in [0.717, 1.165) is 0 Å². The molecule has 1 aliphatic carbocycles. The van der Waals surface area contributed by atoms with Gasteiger partial charge in [-0.3, -0.25) is 4.79 Å². The van der Waals surface area contributed by atoms with E-state index >= 15 is 0 Å². The van der Waals surface area contributed by atoms with Crippen LogP contribution in [0.5, 0.6) is 0 Å². The number of sulfonamides is 1. The highest BCUT2D eigenvalue weighted by Crippen LogP contribution is 2.44. The second-order valence-corrected chi connectivity index (χ2v) is 8.16. The number of anilines is 1. The van der Waals surface area contributed by atoms with Crippen LogP contribution in [-0.4, -0.2) is 24.6 Å². The molecular weight excluding hydrogens is 276 g/mol. The highest BCUT2D eigenvalue weighted by Gasteiger charge is 2.61. The summed E-state index contributed by atoms with van der Waals surface area (Å²) < 4.78 is 26.0. The van der Waals surface area contributed by atoms with Gasteiger partial charge in [-0.2, -0.15) is 0 Å². The summed E-state index contributed by atoms with van der Waals surface area (Å²) in [4.78, 5) is 12.3. The molecule has 1 fully saturated rings. The first-order valence-electron chi connectivity index (χ1n) is 6.56. The van der Waals surface area contributed by atoms with E-state index in [2.05, 4.69) is 10.0 Å². The molecular formula is C14H20N2O3S. The molecule has 1 aliphatic rings. The van der Waals surface area contributed by atoms with E-state index in [0.29, 0.717) is 18.5 Å². The Labute approximate surface area is 119 Å². The van der Waals surface area contributed by atoms with Crippen LogP contribution in [0.15, 0.2) is 30.3 Å². The minimum absolute atomic E-state index is 0.358. The maximum absolute atomic E-state index is 12.4. The standard InChI is InChI=1S/C14H20N2O3S/c1-13(2,3)16-20(18,19)14(9-10-14)12(17)15-11-7-5-4-6-8-11/h4-8,16H,9-10H2,1-3H3,(H,15,17). The molecule has 0 bridgehead atoms. The molecule has 6 heteroatoms. The van der Waals surface area contributed by atoms with Crippen LogP contribution in [0.3, 0.4) is 0 Å². The van der Waals surface area contributed by atoms with Crippen molar-refractivity contribution in [1.82, 2.24) is 4.72 Å². The fraction of sp³-hybridized carbons (Fsp3) is 0.500. The molecule has 2 rings (SSSR count). The van der Waals surface area contributed by atoms with Crippen molar-refractivity contribution >= 4 is 21.6 Å². The Morgan fingerprint density at radius 1 is 1.15 bits per heavy atom. The number of amides is 1. The Balaban J connectivity index is 2.17. The van der Waals surface area contributed by atoms with Crippen molar-refractivity contribution in [3.05, 3.63) is 30.3 Å². The zero-order valence-corrected chi connectivity index (χ0v) is 12.8. The van der Waals surface area contributed by atoms with Gasteiger partial charge in [-0.25, -0.2) is 13.1 Å². The topological polar surface area (TPSA) is 75.3 Å². The molecule has 0 unspecified atom stereocenters. The summed E-state index contributed by atoms with van der Waals surface area (Å²) in [6.07, 6.45) is 0.716. The van der Waals surface area contributed by atoms with E-state index in [-0.39, 0.29) is 0 Å². The first-order valence-corrected chi connectivity index (χ1v) is 8.05. The van der Waals surface area contributed by atoms with Crippen molar-refractivity contribution in [3.8, 4) is 0 Å². The van der Waals surface area contributed by atoms with Gasteiger partial charge in [-0.05, 0) is 45.7 Å². The van der Waals surface area contributed by atoms with Gasteiger partial charge < -0.3 is 5.32 Å². The van der Waals surface area contributed by atoms with Crippen molar-refractivity contribution < 1.29 is 13.2 Å². The maximum atomic E-state index is 12.4. The molecule has 0 aliphatic heterocycles. The third-order valence-corrected chi connectivity index (χ3v) is 5.61. The zero-order chi connectivity index (χ0) is 15.0. The molecule has 0 saturated heterocycles. The summed E-state index contributed by atoms with van der Waals surface area (Å²) in [5.74, 6) is -0.458. The third-order valence-electron chi connectivity index (χ3n) is 3.10. The van der Waals surface area contributed by atoms with Gasteiger partial charge in [-0.15, -0.1) is 0 Å². The Bertz CT molecular complexity index is 599. The van der Waals surface area contributed by atoms with Crippen LogP contribution in [0.25, 0.3) is 0 Å². The lowest BCUT2D eigenvalue weighted by Gasteiger charge is -2.24. The number of para-hydroxylation sites is 1. The fourth-order valence-electron chi connectivity index (χ4n) is 2.00. The Kier molecular flexibility index (Phi) is 3.64. The maximum Gasteiger partial charge on any atom is 0.247 e. The second kappa shape index (κ2) is 4.86. The van der Waals surface area contributed by atoms with E-state index in [9.17, 15) is 13.2 Å². The molecule has 1 aromatic rings. The fourth-order valence-corrected chi connectivity index (χ4v) is 3.93. The van der Waals surface area contributed by atoms with Gasteiger partial charge >= 0.3 is 0 Å². The molecule has 1 saturated carbocycles. The van der Waals surface area contributed by atoms with Crippen molar-refractivity contribution in [3.63, 3.8) is 0 Å². The monoisotopic (exact) mass is 296 g/mol. The summed E-state index contributed by atoms with van der Waals surface area (Å²) in [5, 5.41) is 2.68. The molecule has 20 heavy (non-hydrogen) atoms. The molecule has 0 radical (unpaired) electrons. The second-order valence-electron chi connectivity index (χ2n) is 6.17. The van der Waals surface area contributed by atoms with Gasteiger partial charge in [0, 0.05) is 11.2 Å². The predicted molar refractivity (Wildman–Crippen MR) is 78.8 cm³/mol. The minimum atomic E-state index is -3.69. The van der Waals surface area contributed by atoms with Crippen LogP contribution in [0, 0.1) is 0 Å². The van der Waals surface area contributed by atoms with Gasteiger partial charge in [0.25, 0.3) is 0 Å². The van der Waals surface area contributed by atoms with E-state index in [1.807, 2.05) is 6.07 Å². The average molecular weight is 296 g/mol. The van der Waals surface area contributed by atoms with Gasteiger partial charge in [0.2, 0.25) is 15.9 Å². The van der Waals surface area contributed by atoms with Crippen LogP contribution >= 0.6 is 0 Å². The third kappa shape index (κ3) is 3.02. The van der Waals surface area contributed by atoms with Gasteiger partial charge in [-0.1, -0.05) is 18.2 Å². The molecule has 0 spiro atoms. The van der Waals surface area contributed by atoms with Gasteiger partial charge in [0.15, 0.2) is 4.75 Å². The predicted octanol–water partition coefficient (Wildman–Crippen LogP) is 1.88. The number of carbonyl (C=O) groups excluding carboxylic acids is 1. The largest absolute Gasteiger partial charge is 0.325 e. The lowest BCUT2D eigenvalue weighted by atomic mass is 10.1. The zero-order valence-electron chi connectivity index (χ0n) is 11.9. The number of rotatable bonds is 4. The van der Waals surface area contributed by atoms with Crippen LogP contribution in [-0.2, 0) is 14.8 Å². The highest BCUT2D eigenvalue weighted by molar-refractivity contribution is 7.92. The van der Waals surface area contributed by atoms with Gasteiger partial charge in [0.1, 0.15) is 0 Å². The Hall–Kier alpha value is -1.40. The number of carbonyl (C=O) groups is 1. The highest BCUT2D eigenvalue weighted by atomic mass is 32.2. The molecule has 1 aromatic carbocycles. The SMILES string of the molecule is CC(C)(C)NS(=O)(=O)C1(C(=O)Nc2ccccc2)CC1. The van der Waals surface area contributed by atoms with Crippen LogP contribution < -0.4 is 10.0 Å². The average Bonchev–Trinajstić information content (AvgIpc) is 3.08. The normalized spacial score (nSPS) is 17.6. The summed E-state index contributed by atoms with van der Waals surface area (Å²) in [7, 11) is -3.69. The summed E-state index contributed by atoms with van der Waals surface area (Å²) >= 11 is 0. The summed E-state index contributed by atoms with van der Waals surface area (Å²) in [5.41, 5.74) is 0.0105. The number of nitrogens with one attached hydrogen (secondary N) is 2. The molecule has 0 heterocycles. The van der Waals surface area contributed by atoms with Crippen LogP contribution in [0.2, 0.25) is 0 Å². The van der Waals surface area contributed by atoms with E-state index in [4.69, 9.17) is 0 Å². The molecule has 5 nitrogen and oxygen atoms in total. The number of hydrogen-bond acceptors (Lipinski definition) is 3. The Morgan fingerprint density at radius 3 is 2.15 bits per heavy atom. The van der Waals surface area contributed by atoms with Crippen molar-refractivity contribution in [2.45, 2.75) is 43.9 Å². The van der Waals surface area contributed by atoms with Crippen molar-refractivity contribution in [2.24, 2.45) is 0 Å². The summed E-state index contributed by atoms with van der Waals surface area (Å²) in [6, 6.07) is 8.88. The van der Waals surface area contributed by atoms with Crippen molar-refractivity contribution in [2.75, 3.05) is 5.32 Å². The number of benzene rings is 1. The molecule has 1 amide bonds. The number of hydrogen-bond donors (Lipinski definition) is 2. The van der Waals surface area contributed by atoms with Gasteiger partial charge in [0.05, 0.1) is 0 Å². The van der Waals surface area contributed by atoms with E-state index in [1.54, 1.807) is 45.0 Å².